The van der Waals surface area contributed by atoms with E-state index >= 15 is 0 Å². The smallest absolute Gasteiger partial charge is 0.224 e. The van der Waals surface area contributed by atoms with E-state index in [1.807, 2.05) is 20.8 Å². The third-order valence-corrected chi connectivity index (χ3v) is 2.75. The summed E-state index contributed by atoms with van der Waals surface area (Å²) in [6.07, 6.45) is 2.09. The van der Waals surface area contributed by atoms with Gasteiger partial charge >= 0.3 is 0 Å². The van der Waals surface area contributed by atoms with Gasteiger partial charge in [0.2, 0.25) is 11.9 Å². The summed E-state index contributed by atoms with van der Waals surface area (Å²) >= 11 is 3.37. The fraction of sp³-hybridized carbons (Fsp3) is 0.583. The van der Waals surface area contributed by atoms with Crippen molar-refractivity contribution in [3.63, 3.8) is 0 Å². The van der Waals surface area contributed by atoms with Crippen molar-refractivity contribution >= 4 is 33.6 Å². The van der Waals surface area contributed by atoms with Crippen LogP contribution in [-0.2, 0) is 4.79 Å². The Morgan fingerprint density at radius 3 is 2.79 bits per heavy atom. The van der Waals surface area contributed by atoms with Gasteiger partial charge in [-0.15, -0.1) is 0 Å². The van der Waals surface area contributed by atoms with E-state index in [2.05, 4.69) is 41.8 Å². The Labute approximate surface area is 121 Å². The van der Waals surface area contributed by atoms with Crippen LogP contribution in [0.5, 0.6) is 0 Å². The van der Waals surface area contributed by atoms with Gasteiger partial charge in [-0.1, -0.05) is 0 Å². The molecule has 0 spiro atoms. The highest BCUT2D eigenvalue weighted by atomic mass is 79.9. The second-order valence-electron chi connectivity index (χ2n) is 4.32. The fourth-order valence-electron chi connectivity index (χ4n) is 1.42. The third kappa shape index (κ3) is 5.87. The number of carbonyl (C=O) groups excluding carboxylic acids is 1. The zero-order valence-corrected chi connectivity index (χ0v) is 13.0. The van der Waals surface area contributed by atoms with Crippen LogP contribution in [0.25, 0.3) is 0 Å². The van der Waals surface area contributed by atoms with E-state index in [0.29, 0.717) is 24.7 Å². The van der Waals surface area contributed by atoms with Crippen molar-refractivity contribution in [1.82, 2.24) is 15.3 Å². The van der Waals surface area contributed by atoms with Gasteiger partial charge in [0.25, 0.3) is 0 Å². The van der Waals surface area contributed by atoms with E-state index in [0.717, 1.165) is 11.0 Å². The molecule has 0 saturated carbocycles. The first-order chi connectivity index (χ1) is 9.02. The molecule has 0 unspecified atom stereocenters. The standard InChI is InChI=1S/C12H20BrN5O/c1-4-14-12-16-7-9(13)11(18-12)15-6-5-10(19)17-8(2)3/h7-8H,4-6H2,1-3H3,(H,17,19)(H2,14,15,16,18). The van der Waals surface area contributed by atoms with E-state index in [9.17, 15) is 4.79 Å². The van der Waals surface area contributed by atoms with Gasteiger partial charge in [0.05, 0.1) is 4.47 Å². The number of nitrogens with one attached hydrogen (secondary N) is 3. The molecule has 7 heteroatoms. The van der Waals surface area contributed by atoms with Gasteiger partial charge < -0.3 is 16.0 Å². The molecule has 1 heterocycles. The molecule has 0 bridgehead atoms. The van der Waals surface area contributed by atoms with Gasteiger partial charge in [0.15, 0.2) is 0 Å². The second-order valence-corrected chi connectivity index (χ2v) is 5.17. The van der Waals surface area contributed by atoms with E-state index in [-0.39, 0.29) is 11.9 Å². The van der Waals surface area contributed by atoms with Crippen LogP contribution in [0.3, 0.4) is 0 Å². The van der Waals surface area contributed by atoms with Gasteiger partial charge in [-0.25, -0.2) is 4.98 Å². The molecule has 106 valence electrons. The Bertz CT molecular complexity index is 425. The summed E-state index contributed by atoms with van der Waals surface area (Å²) in [5.41, 5.74) is 0. The molecule has 1 aromatic rings. The lowest BCUT2D eigenvalue weighted by Gasteiger charge is -2.11. The number of amides is 1. The van der Waals surface area contributed by atoms with Crippen LogP contribution in [0.4, 0.5) is 11.8 Å². The summed E-state index contributed by atoms with van der Waals surface area (Å²) in [5.74, 6) is 1.28. The maximum absolute atomic E-state index is 11.5. The molecule has 0 radical (unpaired) electrons. The molecule has 0 saturated heterocycles. The molecule has 3 N–H and O–H groups in total. The summed E-state index contributed by atoms with van der Waals surface area (Å²) in [5, 5.41) is 8.99. The molecule has 6 nitrogen and oxygen atoms in total. The average molecular weight is 330 g/mol. The predicted molar refractivity (Wildman–Crippen MR) is 80.3 cm³/mol. The second kappa shape index (κ2) is 7.93. The first-order valence-electron chi connectivity index (χ1n) is 6.32. The summed E-state index contributed by atoms with van der Waals surface area (Å²) < 4.78 is 0.776. The van der Waals surface area contributed by atoms with Gasteiger partial charge in [-0.3, -0.25) is 4.79 Å². The number of hydrogen-bond acceptors (Lipinski definition) is 5. The Hall–Kier alpha value is -1.37. The molecule has 19 heavy (non-hydrogen) atoms. The minimum Gasteiger partial charge on any atom is -0.368 e. The summed E-state index contributed by atoms with van der Waals surface area (Å²) in [4.78, 5) is 19.9. The zero-order chi connectivity index (χ0) is 14.3. The highest BCUT2D eigenvalue weighted by Crippen LogP contribution is 2.19. The number of rotatable bonds is 7. The van der Waals surface area contributed by atoms with Gasteiger partial charge in [0, 0.05) is 31.7 Å². The first-order valence-corrected chi connectivity index (χ1v) is 7.11. The number of nitrogens with zero attached hydrogens (tertiary/aromatic N) is 2. The monoisotopic (exact) mass is 329 g/mol. The maximum atomic E-state index is 11.5. The number of aromatic nitrogens is 2. The van der Waals surface area contributed by atoms with Gasteiger partial charge in [-0.05, 0) is 36.7 Å². The Kier molecular flexibility index (Phi) is 6.55. The summed E-state index contributed by atoms with van der Waals surface area (Å²) in [6.45, 7) is 7.15. The highest BCUT2D eigenvalue weighted by Gasteiger charge is 2.06. The maximum Gasteiger partial charge on any atom is 0.224 e. The average Bonchev–Trinajstić information content (AvgIpc) is 2.32. The summed E-state index contributed by atoms with van der Waals surface area (Å²) in [7, 11) is 0. The van der Waals surface area contributed by atoms with Crippen molar-refractivity contribution < 1.29 is 4.79 Å². The minimum absolute atomic E-state index is 0.0274. The Morgan fingerprint density at radius 1 is 1.42 bits per heavy atom. The quantitative estimate of drug-likeness (QED) is 0.713. The first kappa shape index (κ1) is 15.7. The third-order valence-electron chi connectivity index (χ3n) is 2.17. The fourth-order valence-corrected chi connectivity index (χ4v) is 1.75. The molecule has 1 rings (SSSR count). The van der Waals surface area contributed by atoms with Crippen LogP contribution < -0.4 is 16.0 Å². The largest absolute Gasteiger partial charge is 0.368 e. The lowest BCUT2D eigenvalue weighted by atomic mass is 10.3. The lowest BCUT2D eigenvalue weighted by Crippen LogP contribution is -2.31. The molecule has 1 aromatic heterocycles. The molecule has 0 fully saturated rings. The van der Waals surface area contributed by atoms with E-state index < -0.39 is 0 Å². The van der Waals surface area contributed by atoms with Gasteiger partial charge in [-0.2, -0.15) is 4.98 Å². The topological polar surface area (TPSA) is 78.9 Å². The predicted octanol–water partition coefficient (Wildman–Crippen LogP) is 2.00. The molecule has 0 aromatic carbocycles. The number of hydrogen-bond donors (Lipinski definition) is 3. The highest BCUT2D eigenvalue weighted by molar-refractivity contribution is 9.10. The molecule has 0 aliphatic heterocycles. The van der Waals surface area contributed by atoms with Crippen LogP contribution >= 0.6 is 15.9 Å². The van der Waals surface area contributed by atoms with E-state index in [4.69, 9.17) is 0 Å². The Balaban J connectivity index is 2.48. The summed E-state index contributed by atoms with van der Waals surface area (Å²) in [6, 6.07) is 0.165. The van der Waals surface area contributed by atoms with E-state index in [1.54, 1.807) is 6.20 Å². The van der Waals surface area contributed by atoms with Crippen molar-refractivity contribution in [2.75, 3.05) is 23.7 Å². The SMILES string of the molecule is CCNc1ncc(Br)c(NCCC(=O)NC(C)C)n1. The van der Waals surface area contributed by atoms with Gasteiger partial charge in [0.1, 0.15) is 5.82 Å². The van der Waals surface area contributed by atoms with Crippen molar-refractivity contribution in [2.24, 2.45) is 0 Å². The molecular formula is C12H20BrN5O. The minimum atomic E-state index is 0.0274. The van der Waals surface area contributed by atoms with Crippen molar-refractivity contribution in [2.45, 2.75) is 33.2 Å². The number of carbonyl (C=O) groups is 1. The van der Waals surface area contributed by atoms with Crippen molar-refractivity contribution in [3.05, 3.63) is 10.7 Å². The zero-order valence-electron chi connectivity index (χ0n) is 11.5. The van der Waals surface area contributed by atoms with Crippen LogP contribution in [0, 0.1) is 0 Å². The molecule has 1 amide bonds. The number of anilines is 2. The van der Waals surface area contributed by atoms with Crippen LogP contribution in [0.15, 0.2) is 10.7 Å². The van der Waals surface area contributed by atoms with Crippen LogP contribution in [-0.4, -0.2) is 35.0 Å². The molecule has 0 aliphatic rings. The van der Waals surface area contributed by atoms with E-state index in [1.165, 1.54) is 0 Å². The Morgan fingerprint density at radius 2 is 2.16 bits per heavy atom. The van der Waals surface area contributed by atoms with Crippen LogP contribution in [0.2, 0.25) is 0 Å². The van der Waals surface area contributed by atoms with Crippen LogP contribution in [0.1, 0.15) is 27.2 Å². The normalized spacial score (nSPS) is 10.4. The molecular weight excluding hydrogens is 310 g/mol. The molecule has 0 atom stereocenters. The lowest BCUT2D eigenvalue weighted by molar-refractivity contribution is -0.121. The van der Waals surface area contributed by atoms with Crippen molar-refractivity contribution in [1.29, 1.82) is 0 Å². The van der Waals surface area contributed by atoms with Crippen molar-refractivity contribution in [3.8, 4) is 0 Å². The molecule has 0 aliphatic carbocycles. The number of halogens is 1.